The lowest BCUT2D eigenvalue weighted by molar-refractivity contribution is 0.0752. The van der Waals surface area contributed by atoms with Crippen LogP contribution in [-0.4, -0.2) is 54.4 Å². The fourth-order valence-corrected chi connectivity index (χ4v) is 2.07. The molecule has 2 aliphatic heterocycles. The first kappa shape index (κ1) is 9.44. The maximum absolute atomic E-state index is 5.46. The van der Waals surface area contributed by atoms with E-state index in [-0.39, 0.29) is 0 Å². The molecule has 0 amide bonds. The zero-order valence-corrected chi connectivity index (χ0v) is 8.86. The molecule has 2 saturated heterocycles. The summed E-state index contributed by atoms with van der Waals surface area (Å²) < 4.78 is 5.46. The smallest absolute Gasteiger partial charge is 0.137 e. The van der Waals surface area contributed by atoms with Crippen LogP contribution < -0.4 is 0 Å². The van der Waals surface area contributed by atoms with E-state index in [9.17, 15) is 0 Å². The molecular formula is C10H20N2O. The van der Waals surface area contributed by atoms with Gasteiger partial charge in [-0.25, -0.2) is 0 Å². The van der Waals surface area contributed by atoms with E-state index in [1.54, 1.807) is 0 Å². The summed E-state index contributed by atoms with van der Waals surface area (Å²) in [5.41, 5.74) is 0. The summed E-state index contributed by atoms with van der Waals surface area (Å²) in [6.07, 6.45) is 0.917. The van der Waals surface area contributed by atoms with Crippen molar-refractivity contribution in [2.45, 2.75) is 39.1 Å². The minimum absolute atomic E-state index is 0.439. The molecule has 0 radical (unpaired) electrons. The standard InChI is InChI=1S/C10H20N2O/c1-8(2)11-4-6-12(7-5-11)10-9(3)13-10/h8-10H,4-7H2,1-3H3. The Hall–Kier alpha value is -0.120. The van der Waals surface area contributed by atoms with Crippen molar-refractivity contribution in [1.82, 2.24) is 9.80 Å². The summed E-state index contributed by atoms with van der Waals surface area (Å²) in [6, 6.07) is 0.694. The maximum Gasteiger partial charge on any atom is 0.137 e. The second kappa shape index (κ2) is 3.56. The summed E-state index contributed by atoms with van der Waals surface area (Å²) >= 11 is 0. The Labute approximate surface area is 80.6 Å². The van der Waals surface area contributed by atoms with Crippen molar-refractivity contribution in [3.63, 3.8) is 0 Å². The molecule has 0 spiro atoms. The lowest BCUT2D eigenvalue weighted by Gasteiger charge is -2.36. The van der Waals surface area contributed by atoms with Gasteiger partial charge in [-0.15, -0.1) is 0 Å². The van der Waals surface area contributed by atoms with E-state index in [0.717, 1.165) is 0 Å². The highest BCUT2D eigenvalue weighted by Crippen LogP contribution is 2.26. The molecule has 0 N–H and O–H groups in total. The lowest BCUT2D eigenvalue weighted by atomic mass is 10.2. The summed E-state index contributed by atoms with van der Waals surface area (Å²) in [5.74, 6) is 0. The monoisotopic (exact) mass is 184 g/mol. The van der Waals surface area contributed by atoms with Crippen molar-refractivity contribution in [3.8, 4) is 0 Å². The van der Waals surface area contributed by atoms with E-state index in [0.29, 0.717) is 18.4 Å². The van der Waals surface area contributed by atoms with Gasteiger partial charge in [0.15, 0.2) is 0 Å². The summed E-state index contributed by atoms with van der Waals surface area (Å²) in [7, 11) is 0. The second-order valence-corrected chi connectivity index (χ2v) is 4.40. The third kappa shape index (κ3) is 2.03. The molecule has 0 saturated carbocycles. The van der Waals surface area contributed by atoms with Crippen LogP contribution in [-0.2, 0) is 4.74 Å². The van der Waals surface area contributed by atoms with E-state index in [2.05, 4.69) is 30.6 Å². The first-order valence-electron chi connectivity index (χ1n) is 5.32. The molecule has 0 aliphatic carbocycles. The van der Waals surface area contributed by atoms with Crippen molar-refractivity contribution in [2.24, 2.45) is 0 Å². The molecule has 0 aromatic carbocycles. The Morgan fingerprint density at radius 1 is 1.15 bits per heavy atom. The van der Waals surface area contributed by atoms with E-state index >= 15 is 0 Å². The fraction of sp³-hybridized carbons (Fsp3) is 1.00. The van der Waals surface area contributed by atoms with Gasteiger partial charge < -0.3 is 4.74 Å². The molecule has 3 heteroatoms. The number of nitrogens with zero attached hydrogens (tertiary/aromatic N) is 2. The minimum atomic E-state index is 0.439. The number of piperazine rings is 1. The van der Waals surface area contributed by atoms with Gasteiger partial charge in [0.1, 0.15) is 6.23 Å². The Balaban J connectivity index is 1.76. The highest BCUT2D eigenvalue weighted by Gasteiger charge is 2.40. The fourth-order valence-electron chi connectivity index (χ4n) is 2.07. The Bertz CT molecular complexity index is 176. The van der Waals surface area contributed by atoms with Crippen LogP contribution in [0.25, 0.3) is 0 Å². The molecule has 2 atom stereocenters. The average molecular weight is 184 g/mol. The maximum atomic E-state index is 5.46. The molecule has 2 unspecified atom stereocenters. The molecule has 2 heterocycles. The first-order chi connectivity index (χ1) is 6.18. The highest BCUT2D eigenvalue weighted by atomic mass is 16.6. The van der Waals surface area contributed by atoms with E-state index in [1.807, 2.05) is 0 Å². The average Bonchev–Trinajstić information content (AvgIpc) is 2.83. The number of hydrogen-bond donors (Lipinski definition) is 0. The van der Waals surface area contributed by atoms with Gasteiger partial charge in [0.2, 0.25) is 0 Å². The summed E-state index contributed by atoms with van der Waals surface area (Å²) in [5, 5.41) is 0. The molecule has 2 aliphatic rings. The van der Waals surface area contributed by atoms with Gasteiger partial charge in [-0.2, -0.15) is 0 Å². The normalized spacial score (nSPS) is 36.9. The quantitative estimate of drug-likeness (QED) is 0.590. The van der Waals surface area contributed by atoms with Crippen LogP contribution in [0, 0.1) is 0 Å². The van der Waals surface area contributed by atoms with E-state index in [1.165, 1.54) is 26.2 Å². The largest absolute Gasteiger partial charge is 0.353 e. The predicted octanol–water partition coefficient (Wildman–Crippen LogP) is 0.757. The van der Waals surface area contributed by atoms with Gasteiger partial charge in [-0.3, -0.25) is 9.80 Å². The molecule has 0 aromatic heterocycles. The zero-order valence-electron chi connectivity index (χ0n) is 8.86. The van der Waals surface area contributed by atoms with Crippen LogP contribution in [0.15, 0.2) is 0 Å². The molecule has 2 fully saturated rings. The van der Waals surface area contributed by atoms with Gasteiger partial charge >= 0.3 is 0 Å². The third-order valence-corrected chi connectivity index (χ3v) is 3.12. The van der Waals surface area contributed by atoms with Crippen LogP contribution >= 0.6 is 0 Å². The van der Waals surface area contributed by atoms with Gasteiger partial charge in [0.05, 0.1) is 6.10 Å². The van der Waals surface area contributed by atoms with Crippen LogP contribution in [0.3, 0.4) is 0 Å². The lowest BCUT2D eigenvalue weighted by Crippen LogP contribution is -2.49. The second-order valence-electron chi connectivity index (χ2n) is 4.40. The summed E-state index contributed by atoms with van der Waals surface area (Å²) in [6.45, 7) is 11.4. The summed E-state index contributed by atoms with van der Waals surface area (Å²) in [4.78, 5) is 4.99. The van der Waals surface area contributed by atoms with Crippen molar-refractivity contribution in [3.05, 3.63) is 0 Å². The Morgan fingerprint density at radius 3 is 2.08 bits per heavy atom. The van der Waals surface area contributed by atoms with Gasteiger partial charge in [0, 0.05) is 32.2 Å². The van der Waals surface area contributed by atoms with Crippen molar-refractivity contribution < 1.29 is 4.74 Å². The highest BCUT2D eigenvalue weighted by molar-refractivity contribution is 4.85. The van der Waals surface area contributed by atoms with Crippen molar-refractivity contribution >= 4 is 0 Å². The van der Waals surface area contributed by atoms with Crippen molar-refractivity contribution in [2.75, 3.05) is 26.2 Å². The van der Waals surface area contributed by atoms with Crippen LogP contribution in [0.5, 0.6) is 0 Å². The molecule has 0 bridgehead atoms. The third-order valence-electron chi connectivity index (χ3n) is 3.12. The molecular weight excluding hydrogens is 164 g/mol. The topological polar surface area (TPSA) is 19.0 Å². The van der Waals surface area contributed by atoms with Crippen LogP contribution in [0.1, 0.15) is 20.8 Å². The predicted molar refractivity (Wildman–Crippen MR) is 52.6 cm³/mol. The first-order valence-corrected chi connectivity index (χ1v) is 5.32. The number of epoxide rings is 1. The van der Waals surface area contributed by atoms with Crippen molar-refractivity contribution in [1.29, 1.82) is 0 Å². The van der Waals surface area contributed by atoms with Gasteiger partial charge in [0.25, 0.3) is 0 Å². The molecule has 13 heavy (non-hydrogen) atoms. The number of ether oxygens (including phenoxy) is 1. The van der Waals surface area contributed by atoms with Gasteiger partial charge in [-0.05, 0) is 20.8 Å². The Morgan fingerprint density at radius 2 is 1.69 bits per heavy atom. The SMILES string of the molecule is CC1OC1N1CCN(C(C)C)CC1. The molecule has 3 nitrogen and oxygen atoms in total. The Kier molecular flexibility index (Phi) is 2.58. The number of hydrogen-bond acceptors (Lipinski definition) is 3. The van der Waals surface area contributed by atoms with Gasteiger partial charge in [-0.1, -0.05) is 0 Å². The van der Waals surface area contributed by atoms with Crippen LogP contribution in [0.2, 0.25) is 0 Å². The van der Waals surface area contributed by atoms with E-state index in [4.69, 9.17) is 4.74 Å². The molecule has 76 valence electrons. The zero-order chi connectivity index (χ0) is 9.42. The van der Waals surface area contributed by atoms with E-state index < -0.39 is 0 Å². The minimum Gasteiger partial charge on any atom is -0.353 e. The molecule has 2 rings (SSSR count). The molecule has 0 aromatic rings. The number of rotatable bonds is 2. The van der Waals surface area contributed by atoms with Crippen LogP contribution in [0.4, 0.5) is 0 Å².